The van der Waals surface area contributed by atoms with Crippen LogP contribution in [0.25, 0.3) is 0 Å². The molecule has 0 bridgehead atoms. The fraction of sp³-hybridized carbons (Fsp3) is 0.364. The molecular formula is C11H12BrFO2. The molecule has 1 aromatic carbocycles. The largest absolute Gasteiger partial charge is 0.481 e. The van der Waals surface area contributed by atoms with Crippen molar-refractivity contribution in [2.75, 3.05) is 0 Å². The highest BCUT2D eigenvalue weighted by molar-refractivity contribution is 9.10. The summed E-state index contributed by atoms with van der Waals surface area (Å²) in [5.41, 5.74) is 1.02. The molecule has 0 fully saturated rings. The lowest BCUT2D eigenvalue weighted by atomic mass is 10.1. The van der Waals surface area contributed by atoms with Crippen molar-refractivity contribution < 1.29 is 14.3 Å². The number of benzene rings is 1. The fourth-order valence-corrected chi connectivity index (χ4v) is 1.87. The first-order chi connectivity index (χ1) is 7.09. The van der Waals surface area contributed by atoms with E-state index in [1.807, 2.05) is 0 Å². The normalized spacial score (nSPS) is 10.3. The summed E-state index contributed by atoms with van der Waals surface area (Å²) in [4.78, 5) is 10.3. The first-order valence-corrected chi connectivity index (χ1v) is 5.54. The van der Waals surface area contributed by atoms with Gasteiger partial charge < -0.3 is 5.11 Å². The number of hydrogen-bond donors (Lipinski definition) is 1. The van der Waals surface area contributed by atoms with E-state index in [-0.39, 0.29) is 12.2 Å². The lowest BCUT2D eigenvalue weighted by Gasteiger charge is -2.03. The molecule has 0 unspecified atom stereocenters. The number of rotatable bonds is 5. The summed E-state index contributed by atoms with van der Waals surface area (Å²) in [6.07, 6.45) is 2.42. The van der Waals surface area contributed by atoms with Crippen LogP contribution in [0.4, 0.5) is 4.39 Å². The van der Waals surface area contributed by atoms with Crippen molar-refractivity contribution in [2.45, 2.75) is 25.7 Å². The van der Waals surface area contributed by atoms with E-state index in [0.29, 0.717) is 6.42 Å². The number of unbranched alkanes of at least 4 members (excludes halogenated alkanes) is 1. The van der Waals surface area contributed by atoms with Gasteiger partial charge in [0.25, 0.3) is 0 Å². The second kappa shape index (κ2) is 5.85. The second-order valence-corrected chi connectivity index (χ2v) is 4.19. The molecule has 0 saturated heterocycles. The predicted octanol–water partition coefficient (Wildman–Crippen LogP) is 3.39. The maximum absolute atomic E-state index is 12.7. The zero-order valence-electron chi connectivity index (χ0n) is 8.17. The van der Waals surface area contributed by atoms with Crippen LogP contribution in [-0.2, 0) is 11.2 Å². The Bertz CT molecular complexity index is 352. The third-order valence-electron chi connectivity index (χ3n) is 2.10. The van der Waals surface area contributed by atoms with Crippen LogP contribution in [0.15, 0.2) is 22.7 Å². The summed E-state index contributed by atoms with van der Waals surface area (Å²) >= 11 is 3.27. The van der Waals surface area contributed by atoms with Crippen LogP contribution in [0.3, 0.4) is 0 Å². The monoisotopic (exact) mass is 274 g/mol. The van der Waals surface area contributed by atoms with Crippen molar-refractivity contribution in [3.05, 3.63) is 34.1 Å². The van der Waals surface area contributed by atoms with E-state index in [0.717, 1.165) is 22.9 Å². The number of carbonyl (C=O) groups is 1. The smallest absolute Gasteiger partial charge is 0.303 e. The number of aliphatic carboxylic acids is 1. The number of hydrogen-bond acceptors (Lipinski definition) is 1. The van der Waals surface area contributed by atoms with Gasteiger partial charge in [-0.2, -0.15) is 0 Å². The van der Waals surface area contributed by atoms with Gasteiger partial charge in [0, 0.05) is 10.9 Å². The minimum Gasteiger partial charge on any atom is -0.481 e. The van der Waals surface area contributed by atoms with E-state index in [4.69, 9.17) is 5.11 Å². The van der Waals surface area contributed by atoms with Gasteiger partial charge in [-0.25, -0.2) is 4.39 Å². The maximum atomic E-state index is 12.7. The van der Waals surface area contributed by atoms with Gasteiger partial charge in [-0.15, -0.1) is 0 Å². The number of halogens is 2. The molecular weight excluding hydrogens is 263 g/mol. The molecule has 0 spiro atoms. The Morgan fingerprint density at radius 3 is 2.73 bits per heavy atom. The molecule has 4 heteroatoms. The second-order valence-electron chi connectivity index (χ2n) is 3.34. The fourth-order valence-electron chi connectivity index (χ4n) is 1.32. The van der Waals surface area contributed by atoms with Gasteiger partial charge in [-0.05, 0) is 37.0 Å². The van der Waals surface area contributed by atoms with Crippen molar-refractivity contribution in [1.29, 1.82) is 0 Å². The Hall–Kier alpha value is -0.900. The van der Waals surface area contributed by atoms with Crippen LogP contribution < -0.4 is 0 Å². The van der Waals surface area contributed by atoms with Crippen molar-refractivity contribution >= 4 is 21.9 Å². The average Bonchev–Trinajstić information content (AvgIpc) is 2.14. The Balaban J connectivity index is 2.40. The summed E-state index contributed by atoms with van der Waals surface area (Å²) in [5, 5.41) is 8.44. The SMILES string of the molecule is O=C(O)CCCCc1ccc(F)cc1Br. The Labute approximate surface area is 96.2 Å². The highest BCUT2D eigenvalue weighted by atomic mass is 79.9. The Kier molecular flexibility index (Phi) is 4.75. The average molecular weight is 275 g/mol. The van der Waals surface area contributed by atoms with E-state index in [9.17, 15) is 9.18 Å². The molecule has 0 saturated carbocycles. The molecule has 0 aromatic heterocycles. The van der Waals surface area contributed by atoms with Crippen LogP contribution in [0.5, 0.6) is 0 Å². The third kappa shape index (κ3) is 4.42. The van der Waals surface area contributed by atoms with E-state index < -0.39 is 5.97 Å². The van der Waals surface area contributed by atoms with Gasteiger partial charge >= 0.3 is 5.97 Å². The predicted molar refractivity (Wildman–Crippen MR) is 59.3 cm³/mol. The topological polar surface area (TPSA) is 37.3 Å². The van der Waals surface area contributed by atoms with E-state index in [2.05, 4.69) is 15.9 Å². The standard InChI is InChI=1S/C11H12BrFO2/c12-10-7-9(13)6-5-8(10)3-1-2-4-11(14)15/h5-7H,1-4H2,(H,14,15). The van der Waals surface area contributed by atoms with Crippen molar-refractivity contribution in [1.82, 2.24) is 0 Å². The summed E-state index contributed by atoms with van der Waals surface area (Å²) in [5.74, 6) is -1.04. The van der Waals surface area contributed by atoms with Gasteiger partial charge in [0.05, 0.1) is 0 Å². The Morgan fingerprint density at radius 1 is 1.40 bits per heavy atom. The minimum absolute atomic E-state index is 0.193. The molecule has 0 heterocycles. The molecule has 0 aliphatic heterocycles. The molecule has 15 heavy (non-hydrogen) atoms. The minimum atomic E-state index is -0.770. The quantitative estimate of drug-likeness (QED) is 0.836. The van der Waals surface area contributed by atoms with Crippen LogP contribution in [0.2, 0.25) is 0 Å². The molecule has 2 nitrogen and oxygen atoms in total. The van der Waals surface area contributed by atoms with Crippen LogP contribution in [0.1, 0.15) is 24.8 Å². The van der Waals surface area contributed by atoms with Gasteiger partial charge in [0.2, 0.25) is 0 Å². The number of carboxylic acids is 1. The van der Waals surface area contributed by atoms with E-state index >= 15 is 0 Å². The number of aryl methyl sites for hydroxylation is 1. The summed E-state index contributed by atoms with van der Waals surface area (Å²) in [6.45, 7) is 0. The van der Waals surface area contributed by atoms with Gasteiger partial charge in [0.1, 0.15) is 5.82 Å². The summed E-state index contributed by atoms with van der Waals surface area (Å²) in [7, 11) is 0. The molecule has 0 atom stereocenters. The van der Waals surface area contributed by atoms with Crippen molar-refractivity contribution in [2.24, 2.45) is 0 Å². The van der Waals surface area contributed by atoms with E-state index in [1.165, 1.54) is 12.1 Å². The molecule has 1 aromatic rings. The first kappa shape index (κ1) is 12.2. The van der Waals surface area contributed by atoms with Gasteiger partial charge in [0.15, 0.2) is 0 Å². The van der Waals surface area contributed by atoms with E-state index in [1.54, 1.807) is 6.07 Å². The maximum Gasteiger partial charge on any atom is 0.303 e. The highest BCUT2D eigenvalue weighted by Gasteiger charge is 2.02. The first-order valence-electron chi connectivity index (χ1n) is 4.75. The van der Waals surface area contributed by atoms with Crippen LogP contribution in [-0.4, -0.2) is 11.1 Å². The third-order valence-corrected chi connectivity index (χ3v) is 2.84. The lowest BCUT2D eigenvalue weighted by molar-refractivity contribution is -0.137. The highest BCUT2D eigenvalue weighted by Crippen LogP contribution is 2.20. The zero-order valence-corrected chi connectivity index (χ0v) is 9.76. The molecule has 82 valence electrons. The van der Waals surface area contributed by atoms with Crippen molar-refractivity contribution in [3.63, 3.8) is 0 Å². The van der Waals surface area contributed by atoms with Gasteiger partial charge in [-0.3, -0.25) is 4.79 Å². The Morgan fingerprint density at radius 2 is 2.13 bits per heavy atom. The van der Waals surface area contributed by atoms with Gasteiger partial charge in [-0.1, -0.05) is 22.0 Å². The lowest BCUT2D eigenvalue weighted by Crippen LogP contribution is -1.95. The molecule has 0 radical (unpaired) electrons. The molecule has 1 rings (SSSR count). The molecule has 0 aliphatic rings. The number of carboxylic acid groups (broad SMARTS) is 1. The summed E-state index contributed by atoms with van der Waals surface area (Å²) < 4.78 is 13.5. The van der Waals surface area contributed by atoms with Crippen LogP contribution >= 0.6 is 15.9 Å². The molecule has 0 aliphatic carbocycles. The molecule has 0 amide bonds. The van der Waals surface area contributed by atoms with Crippen LogP contribution in [0, 0.1) is 5.82 Å². The molecule has 1 N–H and O–H groups in total. The van der Waals surface area contributed by atoms with Crippen molar-refractivity contribution in [3.8, 4) is 0 Å². The summed E-state index contributed by atoms with van der Waals surface area (Å²) in [6, 6.07) is 4.56. The zero-order chi connectivity index (χ0) is 11.3.